The molecule has 0 saturated heterocycles. The normalized spacial score (nSPS) is 11.9. The number of ether oxygens (including phenoxy) is 4. The van der Waals surface area contributed by atoms with Crippen LogP contribution in [0.1, 0.15) is 0 Å². The lowest BCUT2D eigenvalue weighted by atomic mass is 10.0. The number of methoxy groups -OCH3 is 4. The van der Waals surface area contributed by atoms with Gasteiger partial charge < -0.3 is 18.9 Å². The molecule has 0 saturated carbocycles. The van der Waals surface area contributed by atoms with Crippen molar-refractivity contribution in [3.05, 3.63) is 24.3 Å². The average Bonchev–Trinajstić information content (AvgIpc) is 2.63. The van der Waals surface area contributed by atoms with Gasteiger partial charge in [0.15, 0.2) is 0 Å². The van der Waals surface area contributed by atoms with E-state index in [-0.39, 0.29) is 0 Å². The SMILES string of the molecule is COc1ccc([Si](C)(C)C)c(OC)c1-c1c(OC)ccc([Si](C)(C)C)c1OC. The summed E-state index contributed by atoms with van der Waals surface area (Å²) in [4.78, 5) is 0. The topological polar surface area (TPSA) is 36.9 Å². The summed E-state index contributed by atoms with van der Waals surface area (Å²) in [7, 11) is 3.51. The number of benzene rings is 2. The molecular formula is C22H34O4Si2. The number of hydrogen-bond donors (Lipinski definition) is 0. The van der Waals surface area contributed by atoms with Crippen LogP contribution < -0.4 is 29.3 Å². The maximum Gasteiger partial charge on any atom is 0.130 e. The zero-order valence-corrected chi connectivity index (χ0v) is 20.9. The molecule has 0 fully saturated rings. The van der Waals surface area contributed by atoms with Gasteiger partial charge in [-0.2, -0.15) is 0 Å². The highest BCUT2D eigenvalue weighted by molar-refractivity contribution is 6.90. The molecule has 154 valence electrons. The summed E-state index contributed by atoms with van der Waals surface area (Å²) in [5, 5.41) is 2.49. The van der Waals surface area contributed by atoms with Gasteiger partial charge in [0, 0.05) is 0 Å². The van der Waals surface area contributed by atoms with E-state index in [9.17, 15) is 0 Å². The van der Waals surface area contributed by atoms with E-state index in [0.29, 0.717) is 0 Å². The van der Waals surface area contributed by atoms with Crippen LogP contribution >= 0.6 is 0 Å². The van der Waals surface area contributed by atoms with Crippen LogP contribution in [0.25, 0.3) is 11.1 Å². The maximum atomic E-state index is 5.98. The van der Waals surface area contributed by atoms with Crippen molar-refractivity contribution in [2.75, 3.05) is 28.4 Å². The molecule has 0 aromatic heterocycles. The molecule has 6 heteroatoms. The van der Waals surface area contributed by atoms with Crippen LogP contribution in [0.3, 0.4) is 0 Å². The zero-order valence-electron chi connectivity index (χ0n) is 18.9. The molecule has 0 aliphatic rings. The molecular weight excluding hydrogens is 384 g/mol. The second kappa shape index (κ2) is 8.21. The molecule has 0 atom stereocenters. The van der Waals surface area contributed by atoms with E-state index in [1.807, 2.05) is 12.1 Å². The Kier molecular flexibility index (Phi) is 6.56. The lowest BCUT2D eigenvalue weighted by Crippen LogP contribution is -2.39. The standard InChI is InChI=1S/C22H34O4Si2/c1-23-15-11-13-17(27(5,6)7)21(25-3)19(15)20-16(24-2)12-14-18(22(20)26-4)28(8,9)10/h11-14H,1-10H3. The molecule has 0 aliphatic heterocycles. The molecule has 0 bridgehead atoms. The molecule has 2 aromatic rings. The molecule has 4 nitrogen and oxygen atoms in total. The second-order valence-corrected chi connectivity index (χ2v) is 19.0. The Morgan fingerprint density at radius 2 is 0.821 bits per heavy atom. The van der Waals surface area contributed by atoms with Gasteiger partial charge in [-0.05, 0) is 22.5 Å². The van der Waals surface area contributed by atoms with Crippen LogP contribution in [0, 0.1) is 0 Å². The van der Waals surface area contributed by atoms with Crippen molar-refractivity contribution in [3.8, 4) is 34.1 Å². The van der Waals surface area contributed by atoms with Gasteiger partial charge in [0.25, 0.3) is 0 Å². The van der Waals surface area contributed by atoms with Gasteiger partial charge in [0.2, 0.25) is 0 Å². The Hall–Kier alpha value is -1.93. The van der Waals surface area contributed by atoms with Gasteiger partial charge in [0.05, 0.1) is 55.7 Å². The predicted octanol–water partition coefficient (Wildman–Crippen LogP) is 4.48. The van der Waals surface area contributed by atoms with Crippen LogP contribution in [0.4, 0.5) is 0 Å². The fourth-order valence-corrected chi connectivity index (χ4v) is 6.53. The highest BCUT2D eigenvalue weighted by Crippen LogP contribution is 2.47. The minimum atomic E-state index is -1.66. The summed E-state index contributed by atoms with van der Waals surface area (Å²) in [5.74, 6) is 3.21. The molecule has 2 aromatic carbocycles. The summed E-state index contributed by atoms with van der Waals surface area (Å²) in [6.45, 7) is 13.9. The van der Waals surface area contributed by atoms with Crippen molar-refractivity contribution in [2.24, 2.45) is 0 Å². The fraction of sp³-hybridized carbons (Fsp3) is 0.455. The summed E-state index contributed by atoms with van der Waals surface area (Å²) in [6.07, 6.45) is 0. The quantitative estimate of drug-likeness (QED) is 0.621. The van der Waals surface area contributed by atoms with Crippen molar-refractivity contribution < 1.29 is 18.9 Å². The third-order valence-corrected chi connectivity index (χ3v) is 8.97. The second-order valence-electron chi connectivity index (χ2n) is 8.95. The Balaban J connectivity index is 3.06. The first-order chi connectivity index (χ1) is 13.0. The van der Waals surface area contributed by atoms with Crippen LogP contribution in [-0.4, -0.2) is 44.6 Å². The third-order valence-electron chi connectivity index (χ3n) is 4.95. The van der Waals surface area contributed by atoms with Crippen molar-refractivity contribution in [1.82, 2.24) is 0 Å². The van der Waals surface area contributed by atoms with Crippen LogP contribution in [-0.2, 0) is 0 Å². The lowest BCUT2D eigenvalue weighted by Gasteiger charge is -2.28. The predicted molar refractivity (Wildman–Crippen MR) is 124 cm³/mol. The first-order valence-electron chi connectivity index (χ1n) is 9.52. The van der Waals surface area contributed by atoms with Gasteiger partial charge in [0.1, 0.15) is 23.0 Å². The van der Waals surface area contributed by atoms with Crippen molar-refractivity contribution in [2.45, 2.75) is 39.3 Å². The first-order valence-corrected chi connectivity index (χ1v) is 16.5. The lowest BCUT2D eigenvalue weighted by molar-refractivity contribution is 0.388. The Labute approximate surface area is 171 Å². The Morgan fingerprint density at radius 3 is 1.04 bits per heavy atom. The minimum Gasteiger partial charge on any atom is -0.496 e. The van der Waals surface area contributed by atoms with E-state index in [1.54, 1.807) is 28.4 Å². The fourth-order valence-electron chi connectivity index (χ4n) is 3.55. The number of rotatable bonds is 7. The van der Waals surface area contributed by atoms with Crippen molar-refractivity contribution >= 4 is 26.5 Å². The van der Waals surface area contributed by atoms with E-state index in [4.69, 9.17) is 18.9 Å². The van der Waals surface area contributed by atoms with E-state index in [1.165, 1.54) is 10.4 Å². The summed E-state index contributed by atoms with van der Waals surface area (Å²) < 4.78 is 23.5. The van der Waals surface area contributed by atoms with Crippen LogP contribution in [0.2, 0.25) is 39.3 Å². The van der Waals surface area contributed by atoms with E-state index in [2.05, 4.69) is 51.4 Å². The van der Waals surface area contributed by atoms with Gasteiger partial charge in [-0.15, -0.1) is 0 Å². The van der Waals surface area contributed by atoms with Crippen LogP contribution in [0.5, 0.6) is 23.0 Å². The minimum absolute atomic E-state index is 0.753. The molecule has 2 rings (SSSR count). The zero-order chi connectivity index (χ0) is 21.3. The first kappa shape index (κ1) is 22.4. The van der Waals surface area contributed by atoms with Gasteiger partial charge in [-0.25, -0.2) is 0 Å². The van der Waals surface area contributed by atoms with Gasteiger partial charge >= 0.3 is 0 Å². The third kappa shape index (κ3) is 4.08. The van der Waals surface area contributed by atoms with E-state index in [0.717, 1.165) is 34.1 Å². The smallest absolute Gasteiger partial charge is 0.130 e. The van der Waals surface area contributed by atoms with Crippen molar-refractivity contribution in [1.29, 1.82) is 0 Å². The van der Waals surface area contributed by atoms with Crippen molar-refractivity contribution in [3.63, 3.8) is 0 Å². The largest absolute Gasteiger partial charge is 0.496 e. The highest BCUT2D eigenvalue weighted by Gasteiger charge is 2.32. The van der Waals surface area contributed by atoms with E-state index >= 15 is 0 Å². The molecule has 0 spiro atoms. The molecule has 0 unspecified atom stereocenters. The molecule has 0 amide bonds. The monoisotopic (exact) mass is 418 g/mol. The highest BCUT2D eigenvalue weighted by atomic mass is 28.3. The van der Waals surface area contributed by atoms with E-state index < -0.39 is 16.1 Å². The Morgan fingerprint density at radius 1 is 0.500 bits per heavy atom. The summed E-state index contributed by atoms with van der Waals surface area (Å²) >= 11 is 0. The summed E-state index contributed by atoms with van der Waals surface area (Å²) in [5.41, 5.74) is 1.80. The van der Waals surface area contributed by atoms with Gasteiger partial charge in [-0.3, -0.25) is 0 Å². The molecule has 0 heterocycles. The average molecular weight is 419 g/mol. The Bertz CT molecular complexity index is 778. The molecule has 28 heavy (non-hydrogen) atoms. The molecule has 0 aliphatic carbocycles. The number of hydrogen-bond acceptors (Lipinski definition) is 4. The van der Waals surface area contributed by atoms with Crippen LogP contribution in [0.15, 0.2) is 24.3 Å². The molecule has 0 radical (unpaired) electrons. The van der Waals surface area contributed by atoms with Gasteiger partial charge in [-0.1, -0.05) is 51.4 Å². The summed E-state index contributed by atoms with van der Waals surface area (Å²) in [6, 6.07) is 8.33. The maximum absolute atomic E-state index is 5.98. The molecule has 0 N–H and O–H groups in total.